The van der Waals surface area contributed by atoms with E-state index >= 15 is 0 Å². The number of ether oxygens (including phenoxy) is 1. The van der Waals surface area contributed by atoms with E-state index in [9.17, 15) is 9.18 Å². The van der Waals surface area contributed by atoms with Gasteiger partial charge < -0.3 is 4.74 Å². The van der Waals surface area contributed by atoms with Crippen molar-refractivity contribution in [3.63, 3.8) is 0 Å². The summed E-state index contributed by atoms with van der Waals surface area (Å²) in [4.78, 5) is 11.6. The summed E-state index contributed by atoms with van der Waals surface area (Å²) in [5.74, 6) is 0.237. The van der Waals surface area contributed by atoms with Crippen LogP contribution in [0.15, 0.2) is 29.4 Å². The smallest absolute Gasteiger partial charge is 0.277 e. The average molecular weight is 278 g/mol. The Morgan fingerprint density at radius 1 is 1.55 bits per heavy atom. The van der Waals surface area contributed by atoms with E-state index in [0.717, 1.165) is 25.0 Å². The molecule has 1 atom stereocenters. The summed E-state index contributed by atoms with van der Waals surface area (Å²) in [6.45, 7) is 2.01. The minimum absolute atomic E-state index is 0.171. The Balaban J connectivity index is 1.76. The lowest BCUT2D eigenvalue weighted by atomic mass is 9.89. The molecule has 0 aromatic heterocycles. The Labute approximate surface area is 118 Å². The number of hydrogen-bond donors (Lipinski definition) is 1. The molecule has 4 nitrogen and oxygen atoms in total. The van der Waals surface area contributed by atoms with Gasteiger partial charge in [0.2, 0.25) is 0 Å². The molecule has 108 valence electrons. The van der Waals surface area contributed by atoms with Crippen molar-refractivity contribution in [2.75, 3.05) is 6.61 Å². The minimum atomic E-state index is -0.389. The van der Waals surface area contributed by atoms with E-state index in [-0.39, 0.29) is 18.3 Å². The van der Waals surface area contributed by atoms with Gasteiger partial charge >= 0.3 is 0 Å². The van der Waals surface area contributed by atoms with Gasteiger partial charge in [-0.1, -0.05) is 13.0 Å². The van der Waals surface area contributed by atoms with Gasteiger partial charge in [-0.25, -0.2) is 9.82 Å². The highest BCUT2D eigenvalue weighted by atomic mass is 19.1. The lowest BCUT2D eigenvalue weighted by molar-refractivity contribution is -0.123. The molecule has 1 saturated carbocycles. The summed E-state index contributed by atoms with van der Waals surface area (Å²) >= 11 is 0. The molecule has 0 bridgehead atoms. The zero-order valence-electron chi connectivity index (χ0n) is 11.6. The molecule has 0 saturated heterocycles. The fraction of sp³-hybridized carbons (Fsp3) is 0.467. The van der Waals surface area contributed by atoms with Crippen LogP contribution < -0.4 is 10.2 Å². The molecule has 1 amide bonds. The third-order valence-corrected chi connectivity index (χ3v) is 3.25. The van der Waals surface area contributed by atoms with E-state index in [1.54, 1.807) is 6.07 Å². The standard InChI is InChI=1S/C15H19FN2O2/c1-11-4-2-6-13(8-11)17-18-15(19)10-20-14-7-3-5-12(16)9-14/h3,5,7,9,11H,2,4,6,8,10H2,1H3,(H,18,19)/b17-13-/t11-/m1/s1. The van der Waals surface area contributed by atoms with Gasteiger partial charge in [-0.05, 0) is 43.7 Å². The Morgan fingerprint density at radius 3 is 3.15 bits per heavy atom. The number of rotatable bonds is 4. The van der Waals surface area contributed by atoms with E-state index in [1.807, 2.05) is 0 Å². The molecule has 1 fully saturated rings. The second-order valence-corrected chi connectivity index (χ2v) is 5.16. The van der Waals surface area contributed by atoms with Crippen LogP contribution in [0.5, 0.6) is 5.75 Å². The molecular weight excluding hydrogens is 259 g/mol. The van der Waals surface area contributed by atoms with Crippen LogP contribution in [0.25, 0.3) is 0 Å². The van der Waals surface area contributed by atoms with Crippen LogP contribution in [0.2, 0.25) is 0 Å². The van der Waals surface area contributed by atoms with Gasteiger partial charge in [-0.2, -0.15) is 5.10 Å². The normalized spacial score (nSPS) is 20.7. The number of amides is 1. The molecule has 5 heteroatoms. The van der Waals surface area contributed by atoms with Gasteiger partial charge in [0.1, 0.15) is 11.6 Å². The third kappa shape index (κ3) is 4.64. The summed E-state index contributed by atoms with van der Waals surface area (Å²) in [5.41, 5.74) is 3.52. The van der Waals surface area contributed by atoms with Crippen molar-refractivity contribution in [2.45, 2.75) is 32.6 Å². The van der Waals surface area contributed by atoms with E-state index in [0.29, 0.717) is 11.7 Å². The summed E-state index contributed by atoms with van der Waals surface area (Å²) in [5, 5.41) is 4.13. The van der Waals surface area contributed by atoms with E-state index in [4.69, 9.17) is 4.74 Å². The van der Waals surface area contributed by atoms with Crippen LogP contribution >= 0.6 is 0 Å². The second-order valence-electron chi connectivity index (χ2n) is 5.16. The number of benzene rings is 1. The Bertz CT molecular complexity index is 502. The molecular formula is C15H19FN2O2. The number of hydrazone groups is 1. The predicted molar refractivity (Wildman–Crippen MR) is 75.1 cm³/mol. The highest BCUT2D eigenvalue weighted by Gasteiger charge is 2.14. The fourth-order valence-electron chi connectivity index (χ4n) is 2.24. The first kappa shape index (κ1) is 14.5. The van der Waals surface area contributed by atoms with Crippen molar-refractivity contribution < 1.29 is 13.9 Å². The molecule has 1 aromatic carbocycles. The maximum atomic E-state index is 12.9. The van der Waals surface area contributed by atoms with Crippen molar-refractivity contribution in [2.24, 2.45) is 11.0 Å². The quantitative estimate of drug-likeness (QED) is 0.861. The molecule has 0 aliphatic heterocycles. The number of nitrogens with zero attached hydrogens (tertiary/aromatic N) is 1. The average Bonchev–Trinajstić information content (AvgIpc) is 2.43. The SMILES string of the molecule is C[C@@H]1CCC/C(=N/NC(=O)COc2cccc(F)c2)C1. The molecule has 2 rings (SSSR count). The molecule has 0 spiro atoms. The molecule has 0 heterocycles. The summed E-state index contributed by atoms with van der Waals surface area (Å²) < 4.78 is 18.1. The maximum Gasteiger partial charge on any atom is 0.277 e. The van der Waals surface area contributed by atoms with Crippen molar-refractivity contribution in [3.8, 4) is 5.75 Å². The van der Waals surface area contributed by atoms with Crippen LogP contribution in [0.4, 0.5) is 4.39 Å². The van der Waals surface area contributed by atoms with Crippen molar-refractivity contribution >= 4 is 11.6 Å². The third-order valence-electron chi connectivity index (χ3n) is 3.25. The van der Waals surface area contributed by atoms with E-state index < -0.39 is 0 Å². The zero-order chi connectivity index (χ0) is 14.4. The lowest BCUT2D eigenvalue weighted by Crippen LogP contribution is -2.27. The Morgan fingerprint density at radius 2 is 2.40 bits per heavy atom. The molecule has 20 heavy (non-hydrogen) atoms. The summed E-state index contributed by atoms with van der Waals surface area (Å²) in [6, 6.07) is 5.70. The van der Waals surface area contributed by atoms with Crippen molar-refractivity contribution in [1.29, 1.82) is 0 Å². The highest BCUT2D eigenvalue weighted by Crippen LogP contribution is 2.20. The molecule has 1 N–H and O–H groups in total. The van der Waals surface area contributed by atoms with Crippen LogP contribution in [0, 0.1) is 11.7 Å². The van der Waals surface area contributed by atoms with Gasteiger partial charge in [-0.15, -0.1) is 0 Å². The first-order valence-electron chi connectivity index (χ1n) is 6.86. The largest absolute Gasteiger partial charge is 0.484 e. The Kier molecular flexibility index (Phi) is 5.09. The van der Waals surface area contributed by atoms with Crippen molar-refractivity contribution in [1.82, 2.24) is 5.43 Å². The number of halogens is 1. The summed E-state index contributed by atoms with van der Waals surface area (Å²) in [7, 11) is 0. The maximum absolute atomic E-state index is 12.9. The highest BCUT2D eigenvalue weighted by molar-refractivity contribution is 5.87. The fourth-order valence-corrected chi connectivity index (χ4v) is 2.24. The zero-order valence-corrected chi connectivity index (χ0v) is 11.6. The first-order valence-corrected chi connectivity index (χ1v) is 6.86. The lowest BCUT2D eigenvalue weighted by Gasteiger charge is -2.18. The first-order chi connectivity index (χ1) is 9.63. The Hall–Kier alpha value is -1.91. The minimum Gasteiger partial charge on any atom is -0.484 e. The topological polar surface area (TPSA) is 50.7 Å². The van der Waals surface area contributed by atoms with Crippen molar-refractivity contribution in [3.05, 3.63) is 30.1 Å². The second kappa shape index (κ2) is 7.03. The number of nitrogens with one attached hydrogen (secondary N) is 1. The van der Waals surface area contributed by atoms with Crippen LogP contribution in [-0.2, 0) is 4.79 Å². The molecule has 0 radical (unpaired) electrons. The van der Waals surface area contributed by atoms with Crippen LogP contribution in [-0.4, -0.2) is 18.2 Å². The molecule has 1 aliphatic rings. The van der Waals surface area contributed by atoms with E-state index in [2.05, 4.69) is 17.5 Å². The predicted octanol–water partition coefficient (Wildman–Crippen LogP) is 2.89. The summed E-state index contributed by atoms with van der Waals surface area (Å²) in [6.07, 6.45) is 4.21. The van der Waals surface area contributed by atoms with Gasteiger partial charge in [0, 0.05) is 11.8 Å². The molecule has 0 unspecified atom stereocenters. The molecule has 1 aromatic rings. The number of carbonyl (C=O) groups is 1. The van der Waals surface area contributed by atoms with Gasteiger partial charge in [0.15, 0.2) is 6.61 Å². The monoisotopic (exact) mass is 278 g/mol. The van der Waals surface area contributed by atoms with Gasteiger partial charge in [-0.3, -0.25) is 4.79 Å². The van der Waals surface area contributed by atoms with Crippen LogP contribution in [0.3, 0.4) is 0 Å². The molecule has 1 aliphatic carbocycles. The number of carbonyl (C=O) groups excluding carboxylic acids is 1. The van der Waals surface area contributed by atoms with E-state index in [1.165, 1.54) is 24.6 Å². The number of hydrogen-bond acceptors (Lipinski definition) is 3. The van der Waals surface area contributed by atoms with Gasteiger partial charge in [0.05, 0.1) is 0 Å². The van der Waals surface area contributed by atoms with Gasteiger partial charge in [0.25, 0.3) is 5.91 Å². The van der Waals surface area contributed by atoms with Crippen LogP contribution in [0.1, 0.15) is 32.6 Å².